The van der Waals surface area contributed by atoms with Gasteiger partial charge in [-0.25, -0.2) is 4.79 Å². The Labute approximate surface area is 113 Å². The molecule has 20 heavy (non-hydrogen) atoms. The van der Waals surface area contributed by atoms with Crippen LogP contribution in [0.25, 0.3) is 0 Å². The first-order valence-corrected chi connectivity index (χ1v) is 6.18. The van der Waals surface area contributed by atoms with Crippen LogP contribution in [0.3, 0.4) is 0 Å². The third-order valence-corrected chi connectivity index (χ3v) is 2.75. The Bertz CT molecular complexity index is 455. The molecule has 1 aromatic rings. The molecule has 2 N–H and O–H groups in total. The number of carbonyl (C=O) groups is 1. The highest BCUT2D eigenvalue weighted by Crippen LogP contribution is 2.18. The summed E-state index contributed by atoms with van der Waals surface area (Å²) in [6.45, 7) is -0.118. The van der Waals surface area contributed by atoms with Crippen molar-refractivity contribution in [2.24, 2.45) is 0 Å². The van der Waals surface area contributed by atoms with E-state index in [0.29, 0.717) is 13.2 Å². The zero-order valence-corrected chi connectivity index (χ0v) is 10.6. The predicted molar refractivity (Wildman–Crippen MR) is 64.3 cm³/mol. The van der Waals surface area contributed by atoms with Gasteiger partial charge in [-0.1, -0.05) is 0 Å². The summed E-state index contributed by atoms with van der Waals surface area (Å²) in [7, 11) is 0. The Kier molecular flexibility index (Phi) is 4.48. The number of anilines is 1. The number of hydrogen-bond donors (Lipinski definition) is 2. The van der Waals surface area contributed by atoms with E-state index in [9.17, 15) is 18.0 Å². The number of amides is 2. The van der Waals surface area contributed by atoms with Crippen molar-refractivity contribution < 1.29 is 22.7 Å². The van der Waals surface area contributed by atoms with Crippen LogP contribution in [0.2, 0.25) is 0 Å². The van der Waals surface area contributed by atoms with Crippen LogP contribution in [0, 0.1) is 0 Å². The summed E-state index contributed by atoms with van der Waals surface area (Å²) in [5.41, 5.74) is 0.207. The van der Waals surface area contributed by atoms with Gasteiger partial charge in [0.25, 0.3) is 0 Å². The van der Waals surface area contributed by atoms with Gasteiger partial charge in [-0.15, -0.1) is 0 Å². The molecule has 1 aromatic heterocycles. The molecule has 9 heteroatoms. The first-order chi connectivity index (χ1) is 9.42. The highest BCUT2D eigenvalue weighted by atomic mass is 19.4. The summed E-state index contributed by atoms with van der Waals surface area (Å²) in [5.74, 6) is 0. The van der Waals surface area contributed by atoms with Crippen molar-refractivity contribution >= 4 is 11.7 Å². The first-order valence-electron chi connectivity index (χ1n) is 6.18. The van der Waals surface area contributed by atoms with E-state index in [4.69, 9.17) is 4.74 Å². The number of halogens is 3. The summed E-state index contributed by atoms with van der Waals surface area (Å²) in [4.78, 5) is 11.5. The van der Waals surface area contributed by atoms with Gasteiger partial charge < -0.3 is 15.4 Å². The molecule has 0 bridgehead atoms. The number of aromatic nitrogens is 2. The summed E-state index contributed by atoms with van der Waals surface area (Å²) in [6.07, 6.45) is -0.183. The van der Waals surface area contributed by atoms with Gasteiger partial charge in [-0.05, 0) is 12.8 Å². The maximum Gasteiger partial charge on any atom is 0.408 e. The molecule has 0 saturated carbocycles. The van der Waals surface area contributed by atoms with Gasteiger partial charge in [-0.3, -0.25) is 4.68 Å². The first kappa shape index (κ1) is 14.6. The van der Waals surface area contributed by atoms with Gasteiger partial charge in [0.05, 0.1) is 18.0 Å². The topological polar surface area (TPSA) is 68.2 Å². The number of hydrogen-bond acceptors (Lipinski definition) is 3. The Morgan fingerprint density at radius 2 is 2.35 bits per heavy atom. The van der Waals surface area contributed by atoms with Crippen LogP contribution >= 0.6 is 0 Å². The number of rotatable bonds is 4. The average Bonchev–Trinajstić information content (AvgIpc) is 2.96. The molecule has 2 heterocycles. The molecule has 6 nitrogen and oxygen atoms in total. The van der Waals surface area contributed by atoms with Crippen LogP contribution in [0.15, 0.2) is 12.4 Å². The summed E-state index contributed by atoms with van der Waals surface area (Å²) in [5, 5.41) is 8.53. The second-order valence-electron chi connectivity index (χ2n) is 4.51. The summed E-state index contributed by atoms with van der Waals surface area (Å²) >= 11 is 0. The molecule has 0 spiro atoms. The zero-order valence-electron chi connectivity index (χ0n) is 10.6. The average molecular weight is 292 g/mol. The lowest BCUT2D eigenvalue weighted by Gasteiger charge is -2.10. The van der Waals surface area contributed by atoms with Crippen molar-refractivity contribution in [2.45, 2.75) is 31.7 Å². The van der Waals surface area contributed by atoms with Crippen molar-refractivity contribution in [3.05, 3.63) is 12.4 Å². The minimum atomic E-state index is -4.34. The van der Waals surface area contributed by atoms with Crippen molar-refractivity contribution in [3.63, 3.8) is 0 Å². The Morgan fingerprint density at radius 3 is 3.00 bits per heavy atom. The van der Waals surface area contributed by atoms with Gasteiger partial charge in [0, 0.05) is 19.3 Å². The molecule has 0 aliphatic carbocycles. The van der Waals surface area contributed by atoms with E-state index in [0.717, 1.165) is 29.9 Å². The fraction of sp³-hybridized carbons (Fsp3) is 0.636. The van der Waals surface area contributed by atoms with Crippen molar-refractivity contribution in [2.75, 3.05) is 18.5 Å². The largest absolute Gasteiger partial charge is 0.408 e. The third kappa shape index (κ3) is 4.72. The molecule has 1 atom stereocenters. The maximum atomic E-state index is 12.1. The van der Waals surface area contributed by atoms with E-state index < -0.39 is 18.8 Å². The number of ether oxygens (including phenoxy) is 1. The molecule has 0 radical (unpaired) electrons. The van der Waals surface area contributed by atoms with Crippen LogP contribution in [-0.2, 0) is 11.3 Å². The van der Waals surface area contributed by atoms with Crippen LogP contribution in [0.4, 0.5) is 23.7 Å². The Morgan fingerprint density at radius 1 is 1.55 bits per heavy atom. The van der Waals surface area contributed by atoms with E-state index >= 15 is 0 Å². The highest BCUT2D eigenvalue weighted by Gasteiger charge is 2.28. The van der Waals surface area contributed by atoms with E-state index in [1.54, 1.807) is 0 Å². The van der Waals surface area contributed by atoms with E-state index in [1.807, 2.05) is 0 Å². The van der Waals surface area contributed by atoms with Gasteiger partial charge in [-0.2, -0.15) is 18.3 Å². The number of alkyl halides is 3. The van der Waals surface area contributed by atoms with Crippen LogP contribution < -0.4 is 10.6 Å². The lowest BCUT2D eigenvalue weighted by atomic mass is 10.2. The van der Waals surface area contributed by atoms with Crippen molar-refractivity contribution in [1.29, 1.82) is 0 Å². The van der Waals surface area contributed by atoms with E-state index in [1.165, 1.54) is 0 Å². The molecule has 2 rings (SSSR count). The van der Waals surface area contributed by atoms with Crippen LogP contribution in [-0.4, -0.2) is 41.2 Å². The normalized spacial score (nSPS) is 19.1. The smallest absolute Gasteiger partial charge is 0.376 e. The predicted octanol–water partition coefficient (Wildman–Crippen LogP) is 1.75. The lowest BCUT2D eigenvalue weighted by molar-refractivity contribution is -0.142. The zero-order chi connectivity index (χ0) is 14.6. The molecule has 112 valence electrons. The summed E-state index contributed by atoms with van der Waals surface area (Å²) < 4.78 is 42.4. The number of nitrogens with one attached hydrogen (secondary N) is 2. The number of urea groups is 1. The van der Waals surface area contributed by atoms with Gasteiger partial charge in [0.2, 0.25) is 0 Å². The van der Waals surface area contributed by atoms with Gasteiger partial charge in [0.15, 0.2) is 0 Å². The molecule has 1 unspecified atom stereocenters. The molecule has 0 aromatic carbocycles. The van der Waals surface area contributed by atoms with Crippen LogP contribution in [0.5, 0.6) is 0 Å². The molecular formula is C11H15F3N4O2. The minimum Gasteiger partial charge on any atom is -0.376 e. The van der Waals surface area contributed by atoms with E-state index in [2.05, 4.69) is 15.7 Å². The molecule has 1 aliphatic rings. The van der Waals surface area contributed by atoms with E-state index in [-0.39, 0.29) is 11.8 Å². The highest BCUT2D eigenvalue weighted by molar-refractivity contribution is 5.88. The van der Waals surface area contributed by atoms with Crippen LogP contribution in [0.1, 0.15) is 12.8 Å². The molecule has 2 amide bonds. The van der Waals surface area contributed by atoms with Gasteiger partial charge >= 0.3 is 12.2 Å². The van der Waals surface area contributed by atoms with Gasteiger partial charge in [0.1, 0.15) is 6.54 Å². The summed E-state index contributed by atoms with van der Waals surface area (Å²) in [6, 6.07) is -0.493. The maximum absolute atomic E-state index is 12.1. The molecular weight excluding hydrogens is 277 g/mol. The molecule has 1 aliphatic heterocycles. The second-order valence-corrected chi connectivity index (χ2v) is 4.51. The van der Waals surface area contributed by atoms with Crippen molar-refractivity contribution in [1.82, 2.24) is 15.1 Å². The number of nitrogens with zero attached hydrogens (tertiary/aromatic N) is 2. The number of carbonyl (C=O) groups excluding carboxylic acids is 1. The fourth-order valence-corrected chi connectivity index (χ4v) is 1.89. The molecule has 1 fully saturated rings. The molecule has 1 saturated heterocycles. The minimum absolute atomic E-state index is 0.00806. The van der Waals surface area contributed by atoms with Crippen molar-refractivity contribution in [3.8, 4) is 0 Å². The lowest BCUT2D eigenvalue weighted by Crippen LogP contribution is -2.34. The standard InChI is InChI=1S/C11H15F3N4O2/c12-11(13,14)7-18-6-8(4-16-18)17-10(19)15-5-9-2-1-3-20-9/h4,6,9H,1-3,5,7H2,(H2,15,17,19). The SMILES string of the molecule is O=C(NCC1CCCO1)Nc1cnn(CC(F)(F)F)c1. The Balaban J connectivity index is 1.76. The quantitative estimate of drug-likeness (QED) is 0.888. The third-order valence-electron chi connectivity index (χ3n) is 2.75. The Hall–Kier alpha value is -1.77. The second kappa shape index (κ2) is 6.12. The monoisotopic (exact) mass is 292 g/mol. The fourth-order valence-electron chi connectivity index (χ4n) is 1.89.